The van der Waals surface area contributed by atoms with Crippen molar-refractivity contribution in [2.75, 3.05) is 6.54 Å². The summed E-state index contributed by atoms with van der Waals surface area (Å²) in [5.41, 5.74) is 0.859. The van der Waals surface area contributed by atoms with Gasteiger partial charge in [0.05, 0.1) is 0 Å². The first-order valence-corrected chi connectivity index (χ1v) is 8.08. The molecule has 1 aromatic rings. The number of hydrogen-bond acceptors (Lipinski definition) is 1. The van der Waals surface area contributed by atoms with Crippen LogP contribution in [0.3, 0.4) is 0 Å². The Morgan fingerprint density at radius 1 is 1.24 bits per heavy atom. The zero-order valence-corrected chi connectivity index (χ0v) is 13.5. The molecule has 0 radical (unpaired) electrons. The maximum atomic E-state index is 14.5. The average molecular weight is 295 g/mol. The first-order valence-electron chi connectivity index (χ1n) is 8.08. The second-order valence-corrected chi connectivity index (χ2v) is 6.94. The van der Waals surface area contributed by atoms with Crippen LogP contribution in [0.4, 0.5) is 8.78 Å². The van der Waals surface area contributed by atoms with Crippen LogP contribution < -0.4 is 5.32 Å². The molecule has 1 N–H and O–H groups in total. The third-order valence-electron chi connectivity index (χ3n) is 4.73. The predicted molar refractivity (Wildman–Crippen MR) is 83.5 cm³/mol. The number of aryl methyl sites for hydroxylation is 1. The summed E-state index contributed by atoms with van der Waals surface area (Å²) in [4.78, 5) is 0. The molecule has 0 bridgehead atoms. The summed E-state index contributed by atoms with van der Waals surface area (Å²) in [5, 5.41) is 3.44. The molecule has 0 heterocycles. The van der Waals surface area contributed by atoms with E-state index in [4.69, 9.17) is 0 Å². The van der Waals surface area contributed by atoms with Gasteiger partial charge < -0.3 is 5.32 Å². The van der Waals surface area contributed by atoms with Crippen molar-refractivity contribution < 1.29 is 8.78 Å². The monoisotopic (exact) mass is 295 g/mol. The van der Waals surface area contributed by atoms with E-state index in [-0.39, 0.29) is 17.6 Å². The maximum absolute atomic E-state index is 14.5. The van der Waals surface area contributed by atoms with Gasteiger partial charge in [-0.3, -0.25) is 0 Å². The smallest absolute Gasteiger partial charge is 0.132 e. The minimum atomic E-state index is -0.383. The lowest BCUT2D eigenvalue weighted by Gasteiger charge is -2.36. The average Bonchev–Trinajstić information content (AvgIpc) is 2.42. The van der Waals surface area contributed by atoms with E-state index < -0.39 is 0 Å². The highest BCUT2D eigenvalue weighted by molar-refractivity contribution is 5.30. The minimum absolute atomic E-state index is 0.0140. The maximum Gasteiger partial charge on any atom is 0.132 e. The molecule has 2 rings (SSSR count). The lowest BCUT2D eigenvalue weighted by atomic mass is 9.71. The van der Waals surface area contributed by atoms with Crippen molar-refractivity contribution in [3.05, 3.63) is 34.9 Å². The summed E-state index contributed by atoms with van der Waals surface area (Å²) in [7, 11) is 0. The van der Waals surface area contributed by atoms with Crippen LogP contribution in [0.1, 0.15) is 57.1 Å². The number of nitrogens with one attached hydrogen (secondary N) is 1. The molecule has 1 nitrogen and oxygen atoms in total. The molecule has 0 saturated heterocycles. The third kappa shape index (κ3) is 3.82. The molecule has 1 aromatic carbocycles. The van der Waals surface area contributed by atoms with Crippen LogP contribution in [0.2, 0.25) is 0 Å². The number of benzene rings is 1. The summed E-state index contributed by atoms with van der Waals surface area (Å²) in [5.74, 6) is 0.106. The Morgan fingerprint density at radius 2 is 1.95 bits per heavy atom. The van der Waals surface area contributed by atoms with Crippen molar-refractivity contribution in [1.82, 2.24) is 5.32 Å². The molecule has 0 amide bonds. The van der Waals surface area contributed by atoms with E-state index >= 15 is 0 Å². The normalized spacial score (nSPS) is 26.3. The SMILES string of the molecule is Cc1ccc(F)c(C2CC(C)CCC2CNC(C)C)c1F. The molecule has 21 heavy (non-hydrogen) atoms. The third-order valence-corrected chi connectivity index (χ3v) is 4.73. The molecular formula is C18H27F2N. The summed E-state index contributed by atoms with van der Waals surface area (Å²) in [6.45, 7) is 8.95. The summed E-state index contributed by atoms with van der Waals surface area (Å²) in [6.07, 6.45) is 3.07. The Kier molecular flexibility index (Phi) is 5.37. The van der Waals surface area contributed by atoms with Gasteiger partial charge >= 0.3 is 0 Å². The molecule has 3 unspecified atom stereocenters. The topological polar surface area (TPSA) is 12.0 Å². The van der Waals surface area contributed by atoms with Gasteiger partial charge in [-0.05, 0) is 55.7 Å². The molecule has 0 aliphatic heterocycles. The number of hydrogen-bond donors (Lipinski definition) is 1. The van der Waals surface area contributed by atoms with E-state index in [1.54, 1.807) is 6.92 Å². The van der Waals surface area contributed by atoms with Gasteiger partial charge in [-0.1, -0.05) is 33.3 Å². The quantitative estimate of drug-likeness (QED) is 0.842. The van der Waals surface area contributed by atoms with E-state index in [0.29, 0.717) is 29.0 Å². The van der Waals surface area contributed by atoms with E-state index in [0.717, 1.165) is 25.8 Å². The second kappa shape index (κ2) is 6.87. The highest BCUT2D eigenvalue weighted by atomic mass is 19.1. The lowest BCUT2D eigenvalue weighted by molar-refractivity contribution is 0.230. The summed E-state index contributed by atoms with van der Waals surface area (Å²) >= 11 is 0. The minimum Gasteiger partial charge on any atom is -0.314 e. The van der Waals surface area contributed by atoms with Crippen LogP contribution in [-0.4, -0.2) is 12.6 Å². The van der Waals surface area contributed by atoms with Crippen LogP contribution in [0.15, 0.2) is 12.1 Å². The fraction of sp³-hybridized carbons (Fsp3) is 0.667. The molecule has 1 fully saturated rings. The second-order valence-electron chi connectivity index (χ2n) is 6.94. The van der Waals surface area contributed by atoms with Gasteiger partial charge in [-0.2, -0.15) is 0 Å². The Hall–Kier alpha value is -0.960. The van der Waals surface area contributed by atoms with Gasteiger partial charge in [0.15, 0.2) is 0 Å². The summed E-state index contributed by atoms with van der Waals surface area (Å²) < 4.78 is 28.7. The van der Waals surface area contributed by atoms with E-state index in [2.05, 4.69) is 26.1 Å². The molecule has 1 aliphatic carbocycles. The Bertz CT molecular complexity index is 484. The van der Waals surface area contributed by atoms with Crippen LogP contribution in [0.5, 0.6) is 0 Å². The van der Waals surface area contributed by atoms with Crippen LogP contribution in [0, 0.1) is 30.4 Å². The molecular weight excluding hydrogens is 268 g/mol. The lowest BCUT2D eigenvalue weighted by Crippen LogP contribution is -2.35. The Labute approximate surface area is 127 Å². The predicted octanol–water partition coefficient (Wildman–Crippen LogP) is 4.79. The molecule has 3 atom stereocenters. The summed E-state index contributed by atoms with van der Waals surface area (Å²) in [6, 6.07) is 3.35. The molecule has 118 valence electrons. The molecule has 0 aromatic heterocycles. The highest BCUT2D eigenvalue weighted by Gasteiger charge is 2.33. The first kappa shape index (κ1) is 16.4. The van der Waals surface area contributed by atoms with Crippen molar-refractivity contribution in [1.29, 1.82) is 0 Å². The van der Waals surface area contributed by atoms with E-state index in [1.165, 1.54) is 12.1 Å². The largest absolute Gasteiger partial charge is 0.314 e. The van der Waals surface area contributed by atoms with Crippen molar-refractivity contribution in [2.24, 2.45) is 11.8 Å². The molecule has 1 saturated carbocycles. The molecule has 0 spiro atoms. The Balaban J connectivity index is 2.30. The fourth-order valence-electron chi connectivity index (χ4n) is 3.45. The first-order chi connectivity index (χ1) is 9.90. The van der Waals surface area contributed by atoms with Gasteiger partial charge in [0.1, 0.15) is 11.6 Å². The van der Waals surface area contributed by atoms with Gasteiger partial charge in [0, 0.05) is 11.6 Å². The van der Waals surface area contributed by atoms with Crippen LogP contribution in [-0.2, 0) is 0 Å². The van der Waals surface area contributed by atoms with Crippen molar-refractivity contribution in [3.8, 4) is 0 Å². The zero-order valence-electron chi connectivity index (χ0n) is 13.5. The Morgan fingerprint density at radius 3 is 2.62 bits per heavy atom. The number of halogens is 2. The molecule has 1 aliphatic rings. The van der Waals surface area contributed by atoms with Gasteiger partial charge in [0.25, 0.3) is 0 Å². The number of rotatable bonds is 4. The van der Waals surface area contributed by atoms with Crippen molar-refractivity contribution >= 4 is 0 Å². The fourth-order valence-corrected chi connectivity index (χ4v) is 3.45. The van der Waals surface area contributed by atoms with Gasteiger partial charge in [-0.15, -0.1) is 0 Å². The standard InChI is InChI=1S/C18H27F2N/c1-11(2)21-10-14-7-5-12(3)9-15(14)17-16(19)8-6-13(4)18(17)20/h6,8,11-12,14-15,21H,5,7,9-10H2,1-4H3. The van der Waals surface area contributed by atoms with Crippen LogP contribution >= 0.6 is 0 Å². The van der Waals surface area contributed by atoms with Gasteiger partial charge in [-0.25, -0.2) is 8.78 Å². The van der Waals surface area contributed by atoms with Crippen molar-refractivity contribution in [2.45, 2.75) is 58.9 Å². The zero-order chi connectivity index (χ0) is 15.6. The van der Waals surface area contributed by atoms with E-state index in [1.807, 2.05) is 0 Å². The highest BCUT2D eigenvalue weighted by Crippen LogP contribution is 2.42. The van der Waals surface area contributed by atoms with Gasteiger partial charge in [0.2, 0.25) is 0 Å². The van der Waals surface area contributed by atoms with E-state index in [9.17, 15) is 8.78 Å². The van der Waals surface area contributed by atoms with Crippen LogP contribution in [0.25, 0.3) is 0 Å². The van der Waals surface area contributed by atoms with Crippen molar-refractivity contribution in [3.63, 3.8) is 0 Å². The molecule has 3 heteroatoms.